The van der Waals surface area contributed by atoms with E-state index in [2.05, 4.69) is 5.43 Å². The molecule has 0 spiro atoms. The topological polar surface area (TPSA) is 59.6 Å². The molecule has 0 amide bonds. The third-order valence-electron chi connectivity index (χ3n) is 3.53. The van der Waals surface area contributed by atoms with Crippen LogP contribution >= 0.6 is 0 Å². The largest absolute Gasteiger partial charge is 0.370 e. The van der Waals surface area contributed by atoms with E-state index in [9.17, 15) is 0 Å². The van der Waals surface area contributed by atoms with Crippen LogP contribution in [-0.4, -0.2) is 24.6 Å². The Hall–Kier alpha value is -0.610. The predicted molar refractivity (Wildman–Crippen MR) is 65.2 cm³/mol. The lowest BCUT2D eigenvalue weighted by atomic mass is 10.1. The Bertz CT molecular complexity index is 228. The zero-order chi connectivity index (χ0) is 11.2. The first-order chi connectivity index (χ1) is 7.90. The van der Waals surface area contributed by atoms with Crippen LogP contribution in [0.2, 0.25) is 0 Å². The molecule has 1 unspecified atom stereocenters. The lowest BCUT2D eigenvalue weighted by Gasteiger charge is -2.16. The van der Waals surface area contributed by atoms with Crippen molar-refractivity contribution in [2.45, 2.75) is 63.5 Å². The van der Waals surface area contributed by atoms with Crippen LogP contribution in [0.25, 0.3) is 0 Å². The summed E-state index contributed by atoms with van der Waals surface area (Å²) in [4.78, 5) is 4.75. The van der Waals surface area contributed by atoms with Crippen LogP contribution in [0.3, 0.4) is 0 Å². The summed E-state index contributed by atoms with van der Waals surface area (Å²) < 4.78 is 5.61. The molecule has 2 rings (SSSR count). The maximum atomic E-state index is 5.61. The van der Waals surface area contributed by atoms with Crippen LogP contribution in [0.5, 0.6) is 0 Å². The third-order valence-corrected chi connectivity index (χ3v) is 3.53. The summed E-state index contributed by atoms with van der Waals surface area (Å²) in [5.74, 6) is 6.41. The van der Waals surface area contributed by atoms with Crippen molar-refractivity contribution in [3.63, 3.8) is 0 Å². The van der Waals surface area contributed by atoms with Crippen molar-refractivity contribution in [2.24, 2.45) is 10.8 Å². The predicted octanol–water partition coefficient (Wildman–Crippen LogP) is 1.75. The fourth-order valence-corrected chi connectivity index (χ4v) is 2.59. The van der Waals surface area contributed by atoms with Gasteiger partial charge in [0.25, 0.3) is 0 Å². The number of nitrogens with two attached hydrogens (primary N) is 1. The fraction of sp³-hybridized carbons (Fsp3) is 0.917. The molecule has 0 bridgehead atoms. The van der Waals surface area contributed by atoms with Gasteiger partial charge in [0.05, 0.1) is 6.04 Å². The quantitative estimate of drug-likeness (QED) is 0.247. The van der Waals surface area contributed by atoms with Crippen molar-refractivity contribution >= 4 is 5.84 Å². The summed E-state index contributed by atoms with van der Waals surface area (Å²) in [6.45, 7) is 0.843. The van der Waals surface area contributed by atoms with Crippen LogP contribution < -0.4 is 11.3 Å². The Morgan fingerprint density at radius 3 is 2.38 bits per heavy atom. The minimum absolute atomic E-state index is 0.119. The summed E-state index contributed by atoms with van der Waals surface area (Å²) in [5, 5.41) is 0. The molecule has 1 heterocycles. The Kier molecular flexibility index (Phi) is 4.60. The molecule has 16 heavy (non-hydrogen) atoms. The summed E-state index contributed by atoms with van der Waals surface area (Å²) >= 11 is 0. The van der Waals surface area contributed by atoms with Crippen LogP contribution in [0.1, 0.15) is 51.4 Å². The van der Waals surface area contributed by atoms with Crippen LogP contribution in [-0.2, 0) is 4.74 Å². The molecule has 1 aliphatic heterocycles. The molecule has 0 aromatic carbocycles. The van der Waals surface area contributed by atoms with Crippen LogP contribution in [0.4, 0.5) is 0 Å². The number of ether oxygens (including phenoxy) is 1. The second-order valence-electron chi connectivity index (χ2n) is 4.81. The van der Waals surface area contributed by atoms with E-state index in [0.717, 1.165) is 25.3 Å². The highest BCUT2D eigenvalue weighted by molar-refractivity contribution is 5.86. The van der Waals surface area contributed by atoms with E-state index in [0.29, 0.717) is 6.04 Å². The third kappa shape index (κ3) is 3.19. The van der Waals surface area contributed by atoms with Crippen LogP contribution in [0.15, 0.2) is 4.99 Å². The van der Waals surface area contributed by atoms with Crippen molar-refractivity contribution in [3.8, 4) is 0 Å². The first-order valence-corrected chi connectivity index (χ1v) is 6.56. The van der Waals surface area contributed by atoms with E-state index in [1.807, 2.05) is 0 Å². The standard InChI is InChI=1S/C12H23N3O/c13-15-12(11-8-5-9-16-11)14-10-6-3-1-2-4-7-10/h10-11H,1-9,13H2,(H,14,15). The molecule has 4 nitrogen and oxygen atoms in total. The minimum atomic E-state index is 0.119. The van der Waals surface area contributed by atoms with Crippen molar-refractivity contribution < 1.29 is 4.74 Å². The lowest BCUT2D eigenvalue weighted by Crippen LogP contribution is -2.40. The molecule has 0 aromatic rings. The Morgan fingerprint density at radius 2 is 1.81 bits per heavy atom. The molecule has 1 atom stereocenters. The molecule has 2 aliphatic rings. The second-order valence-corrected chi connectivity index (χ2v) is 4.81. The number of hydrazine groups is 1. The van der Waals surface area contributed by atoms with Gasteiger partial charge < -0.3 is 10.2 Å². The Balaban J connectivity index is 1.94. The van der Waals surface area contributed by atoms with Gasteiger partial charge in [0.1, 0.15) is 11.9 Å². The number of hydrogen-bond donors (Lipinski definition) is 2. The van der Waals surface area contributed by atoms with E-state index >= 15 is 0 Å². The molecule has 4 heteroatoms. The van der Waals surface area contributed by atoms with Crippen molar-refractivity contribution in [2.75, 3.05) is 6.61 Å². The number of aliphatic imine (C=N–C) groups is 1. The summed E-state index contributed by atoms with van der Waals surface area (Å²) in [6.07, 6.45) is 10.0. The molecule has 0 radical (unpaired) electrons. The van der Waals surface area contributed by atoms with Gasteiger partial charge in [-0.1, -0.05) is 25.7 Å². The molecule has 0 aromatic heterocycles. The average Bonchev–Trinajstić information content (AvgIpc) is 2.71. The van der Waals surface area contributed by atoms with E-state index in [4.69, 9.17) is 15.6 Å². The second kappa shape index (κ2) is 6.21. The van der Waals surface area contributed by atoms with E-state index in [1.165, 1.54) is 38.5 Å². The van der Waals surface area contributed by atoms with Gasteiger partial charge in [-0.05, 0) is 25.7 Å². The van der Waals surface area contributed by atoms with Crippen LogP contribution in [0, 0.1) is 0 Å². The Labute approximate surface area is 97.6 Å². The maximum Gasteiger partial charge on any atom is 0.140 e. The molecule has 3 N–H and O–H groups in total. The highest BCUT2D eigenvalue weighted by Crippen LogP contribution is 2.21. The van der Waals surface area contributed by atoms with Gasteiger partial charge in [-0.2, -0.15) is 0 Å². The van der Waals surface area contributed by atoms with E-state index < -0.39 is 0 Å². The van der Waals surface area contributed by atoms with Crippen molar-refractivity contribution in [3.05, 3.63) is 0 Å². The van der Waals surface area contributed by atoms with Gasteiger partial charge in [0.15, 0.2) is 0 Å². The maximum absolute atomic E-state index is 5.61. The van der Waals surface area contributed by atoms with Gasteiger partial charge in [0, 0.05) is 6.61 Å². The van der Waals surface area contributed by atoms with Gasteiger partial charge >= 0.3 is 0 Å². The molecular formula is C12H23N3O. The molecular weight excluding hydrogens is 202 g/mol. The van der Waals surface area contributed by atoms with Crippen molar-refractivity contribution in [1.82, 2.24) is 5.43 Å². The average molecular weight is 225 g/mol. The lowest BCUT2D eigenvalue weighted by molar-refractivity contribution is 0.155. The number of nitrogens with zero attached hydrogens (tertiary/aromatic N) is 1. The zero-order valence-corrected chi connectivity index (χ0v) is 9.95. The van der Waals surface area contributed by atoms with E-state index in [-0.39, 0.29) is 6.10 Å². The molecule has 1 saturated carbocycles. The Morgan fingerprint density at radius 1 is 1.06 bits per heavy atom. The number of amidine groups is 1. The van der Waals surface area contributed by atoms with Crippen molar-refractivity contribution in [1.29, 1.82) is 0 Å². The summed E-state index contributed by atoms with van der Waals surface area (Å²) in [7, 11) is 0. The van der Waals surface area contributed by atoms with Gasteiger partial charge in [-0.15, -0.1) is 0 Å². The monoisotopic (exact) mass is 225 g/mol. The first-order valence-electron chi connectivity index (χ1n) is 6.56. The number of rotatable bonds is 2. The highest BCUT2D eigenvalue weighted by Gasteiger charge is 2.22. The normalized spacial score (nSPS) is 29.1. The van der Waals surface area contributed by atoms with Gasteiger partial charge in [-0.3, -0.25) is 4.99 Å². The SMILES string of the molecule is NNC(=NC1CCCCCC1)C1CCCO1. The molecule has 2 fully saturated rings. The number of nitrogens with one attached hydrogen (secondary N) is 1. The smallest absolute Gasteiger partial charge is 0.140 e. The number of hydrogen-bond acceptors (Lipinski definition) is 3. The highest BCUT2D eigenvalue weighted by atomic mass is 16.5. The van der Waals surface area contributed by atoms with E-state index in [1.54, 1.807) is 0 Å². The first kappa shape index (κ1) is 11.9. The molecule has 1 saturated heterocycles. The molecule has 92 valence electrons. The fourth-order valence-electron chi connectivity index (χ4n) is 2.59. The molecule has 1 aliphatic carbocycles. The van der Waals surface area contributed by atoms with Gasteiger partial charge in [-0.25, -0.2) is 5.84 Å². The minimum Gasteiger partial charge on any atom is -0.370 e. The zero-order valence-electron chi connectivity index (χ0n) is 9.95. The summed E-state index contributed by atoms with van der Waals surface area (Å²) in [5.41, 5.74) is 2.74. The summed E-state index contributed by atoms with van der Waals surface area (Å²) in [6, 6.07) is 0.456. The van der Waals surface area contributed by atoms with Gasteiger partial charge in [0.2, 0.25) is 0 Å².